The third-order valence-corrected chi connectivity index (χ3v) is 5.63. The largest absolute Gasteiger partial charge is 0.313 e. The van der Waals surface area contributed by atoms with Crippen LogP contribution in [0.2, 0.25) is 0 Å². The highest BCUT2D eigenvalue weighted by Crippen LogP contribution is 2.14. The molecule has 6 heteroatoms. The molecule has 1 aliphatic heterocycles. The minimum absolute atomic E-state index is 0.0939. The van der Waals surface area contributed by atoms with Gasteiger partial charge in [0.05, 0.1) is 5.75 Å². The molecule has 1 aromatic rings. The Balaban J connectivity index is 2.02. The number of piperazine rings is 1. The monoisotopic (exact) mass is 311 g/mol. The fourth-order valence-electron chi connectivity index (χ4n) is 2.47. The molecule has 1 N–H and O–H groups in total. The SMILES string of the molecule is CCNCc1cccc(CS(=O)(=O)N2CCN(C)CC2)c1. The van der Waals surface area contributed by atoms with E-state index in [0.29, 0.717) is 13.1 Å². The van der Waals surface area contributed by atoms with Crippen LogP contribution in [0.25, 0.3) is 0 Å². The van der Waals surface area contributed by atoms with Gasteiger partial charge in [0.2, 0.25) is 10.0 Å². The highest BCUT2D eigenvalue weighted by atomic mass is 32.2. The van der Waals surface area contributed by atoms with E-state index in [1.54, 1.807) is 4.31 Å². The van der Waals surface area contributed by atoms with Crippen LogP contribution in [0.3, 0.4) is 0 Å². The van der Waals surface area contributed by atoms with Crippen molar-refractivity contribution in [1.82, 2.24) is 14.5 Å². The van der Waals surface area contributed by atoms with Crippen LogP contribution < -0.4 is 5.32 Å². The van der Waals surface area contributed by atoms with Gasteiger partial charge in [-0.15, -0.1) is 0 Å². The number of nitrogens with zero attached hydrogens (tertiary/aromatic N) is 2. The van der Waals surface area contributed by atoms with Crippen molar-refractivity contribution in [1.29, 1.82) is 0 Å². The van der Waals surface area contributed by atoms with Crippen molar-refractivity contribution in [2.24, 2.45) is 0 Å². The van der Waals surface area contributed by atoms with Crippen LogP contribution in [0, 0.1) is 0 Å². The van der Waals surface area contributed by atoms with Crippen molar-refractivity contribution in [3.05, 3.63) is 35.4 Å². The molecule has 21 heavy (non-hydrogen) atoms. The van der Waals surface area contributed by atoms with Crippen LogP contribution in [0.15, 0.2) is 24.3 Å². The molecule has 2 rings (SSSR count). The van der Waals surface area contributed by atoms with Crippen LogP contribution in [-0.2, 0) is 22.3 Å². The number of likely N-dealkylation sites (N-methyl/N-ethyl adjacent to an activating group) is 1. The van der Waals surface area contributed by atoms with Gasteiger partial charge in [0.1, 0.15) is 0 Å². The molecule has 5 nitrogen and oxygen atoms in total. The quantitative estimate of drug-likeness (QED) is 0.847. The van der Waals surface area contributed by atoms with Crippen molar-refractivity contribution < 1.29 is 8.42 Å². The molecule has 0 aliphatic carbocycles. The summed E-state index contributed by atoms with van der Waals surface area (Å²) in [6.07, 6.45) is 0. The number of sulfonamides is 1. The smallest absolute Gasteiger partial charge is 0.218 e. The normalized spacial score (nSPS) is 18.0. The molecule has 0 aromatic heterocycles. The van der Waals surface area contributed by atoms with Gasteiger partial charge in [-0.3, -0.25) is 0 Å². The summed E-state index contributed by atoms with van der Waals surface area (Å²) in [5.74, 6) is 0.0939. The van der Waals surface area contributed by atoms with Crippen LogP contribution in [0.5, 0.6) is 0 Å². The van der Waals surface area contributed by atoms with Crippen molar-refractivity contribution >= 4 is 10.0 Å². The molecule has 0 bridgehead atoms. The molecular weight excluding hydrogens is 286 g/mol. The van der Waals surface area contributed by atoms with Gasteiger partial charge in [-0.25, -0.2) is 8.42 Å². The summed E-state index contributed by atoms with van der Waals surface area (Å²) >= 11 is 0. The summed E-state index contributed by atoms with van der Waals surface area (Å²) in [7, 11) is -1.19. The third kappa shape index (κ3) is 4.78. The molecule has 1 aliphatic rings. The topological polar surface area (TPSA) is 52.7 Å². The van der Waals surface area contributed by atoms with E-state index in [-0.39, 0.29) is 5.75 Å². The Kier molecular flexibility index (Phi) is 5.75. The van der Waals surface area contributed by atoms with Gasteiger partial charge in [0.25, 0.3) is 0 Å². The maximum Gasteiger partial charge on any atom is 0.218 e. The lowest BCUT2D eigenvalue weighted by molar-refractivity contribution is 0.222. The van der Waals surface area contributed by atoms with Gasteiger partial charge in [-0.05, 0) is 24.7 Å². The first-order valence-corrected chi connectivity index (χ1v) is 9.07. The number of hydrogen-bond donors (Lipinski definition) is 1. The zero-order valence-electron chi connectivity index (χ0n) is 12.9. The predicted molar refractivity (Wildman–Crippen MR) is 85.5 cm³/mol. The van der Waals surface area contributed by atoms with Crippen molar-refractivity contribution in [3.8, 4) is 0 Å². The predicted octanol–water partition coefficient (Wildman–Crippen LogP) is 0.873. The van der Waals surface area contributed by atoms with Gasteiger partial charge in [-0.1, -0.05) is 31.2 Å². The van der Waals surface area contributed by atoms with E-state index in [9.17, 15) is 8.42 Å². The first-order valence-electron chi connectivity index (χ1n) is 7.46. The second kappa shape index (κ2) is 7.35. The Morgan fingerprint density at radius 1 is 1.14 bits per heavy atom. The van der Waals surface area contributed by atoms with Gasteiger partial charge < -0.3 is 10.2 Å². The van der Waals surface area contributed by atoms with Gasteiger partial charge >= 0.3 is 0 Å². The number of nitrogens with one attached hydrogen (secondary N) is 1. The van der Waals surface area contributed by atoms with E-state index in [0.717, 1.165) is 37.3 Å². The Morgan fingerprint density at radius 2 is 1.81 bits per heavy atom. The van der Waals surface area contributed by atoms with E-state index < -0.39 is 10.0 Å². The average Bonchev–Trinajstić information content (AvgIpc) is 2.45. The van der Waals surface area contributed by atoms with Crippen molar-refractivity contribution in [3.63, 3.8) is 0 Å². The maximum atomic E-state index is 12.5. The van der Waals surface area contributed by atoms with E-state index in [1.165, 1.54) is 0 Å². The molecule has 1 saturated heterocycles. The summed E-state index contributed by atoms with van der Waals surface area (Å²) in [5.41, 5.74) is 1.99. The lowest BCUT2D eigenvalue weighted by Gasteiger charge is -2.31. The van der Waals surface area contributed by atoms with Crippen molar-refractivity contribution in [2.75, 3.05) is 39.8 Å². The second-order valence-corrected chi connectivity index (χ2v) is 7.53. The van der Waals surface area contributed by atoms with Gasteiger partial charge in [0, 0.05) is 32.7 Å². The fourth-order valence-corrected chi connectivity index (χ4v) is 3.97. The Labute approximate surface area is 128 Å². The number of benzene rings is 1. The molecule has 1 aromatic carbocycles. The van der Waals surface area contributed by atoms with Crippen LogP contribution in [0.4, 0.5) is 0 Å². The summed E-state index contributed by atoms with van der Waals surface area (Å²) in [6.45, 7) is 6.54. The van der Waals surface area contributed by atoms with Crippen molar-refractivity contribution in [2.45, 2.75) is 19.2 Å². The van der Waals surface area contributed by atoms with Crippen LogP contribution in [-0.4, -0.2) is 57.4 Å². The van der Waals surface area contributed by atoms with Gasteiger partial charge in [-0.2, -0.15) is 4.31 Å². The van der Waals surface area contributed by atoms with Crippen LogP contribution >= 0.6 is 0 Å². The fraction of sp³-hybridized carbons (Fsp3) is 0.600. The highest BCUT2D eigenvalue weighted by Gasteiger charge is 2.25. The lowest BCUT2D eigenvalue weighted by Crippen LogP contribution is -2.47. The molecule has 0 saturated carbocycles. The zero-order valence-corrected chi connectivity index (χ0v) is 13.7. The average molecular weight is 311 g/mol. The molecule has 1 heterocycles. The Morgan fingerprint density at radius 3 is 2.48 bits per heavy atom. The highest BCUT2D eigenvalue weighted by molar-refractivity contribution is 7.88. The zero-order chi connectivity index (χ0) is 15.3. The third-order valence-electron chi connectivity index (χ3n) is 3.78. The molecule has 0 spiro atoms. The summed E-state index contributed by atoms with van der Waals surface area (Å²) < 4.78 is 26.6. The number of hydrogen-bond acceptors (Lipinski definition) is 4. The van der Waals surface area contributed by atoms with E-state index in [4.69, 9.17) is 0 Å². The molecular formula is C15H25N3O2S. The Bertz CT molecular complexity index is 552. The molecule has 0 amide bonds. The Hall–Kier alpha value is -0.950. The summed E-state index contributed by atoms with van der Waals surface area (Å²) in [6, 6.07) is 7.83. The number of rotatable bonds is 6. The molecule has 0 unspecified atom stereocenters. The first kappa shape index (κ1) is 16.4. The summed E-state index contributed by atoms with van der Waals surface area (Å²) in [4.78, 5) is 2.16. The van der Waals surface area contributed by atoms with E-state index in [1.807, 2.05) is 31.3 Å². The molecule has 0 atom stereocenters. The minimum atomic E-state index is -3.21. The minimum Gasteiger partial charge on any atom is -0.313 e. The maximum absolute atomic E-state index is 12.5. The standard InChI is InChI=1S/C15H25N3O2S/c1-3-16-12-14-5-4-6-15(11-14)13-21(19,20)18-9-7-17(2)8-10-18/h4-6,11,16H,3,7-10,12-13H2,1-2H3. The molecule has 1 fully saturated rings. The van der Waals surface area contributed by atoms with E-state index in [2.05, 4.69) is 17.1 Å². The molecule has 0 radical (unpaired) electrons. The lowest BCUT2D eigenvalue weighted by atomic mass is 10.1. The van der Waals surface area contributed by atoms with Gasteiger partial charge in [0.15, 0.2) is 0 Å². The second-order valence-electron chi connectivity index (χ2n) is 5.56. The van der Waals surface area contributed by atoms with E-state index >= 15 is 0 Å². The van der Waals surface area contributed by atoms with Crippen LogP contribution in [0.1, 0.15) is 18.1 Å². The molecule has 118 valence electrons. The first-order chi connectivity index (χ1) is 10.0. The summed E-state index contributed by atoms with van der Waals surface area (Å²) in [5, 5.41) is 3.26.